The van der Waals surface area contributed by atoms with Crippen molar-refractivity contribution in [3.63, 3.8) is 0 Å². The number of piperazine rings is 1. The highest BCUT2D eigenvalue weighted by Gasteiger charge is 2.44. The maximum atomic E-state index is 14.1. The molecule has 0 amide bonds. The topological polar surface area (TPSA) is 47.8 Å². The predicted molar refractivity (Wildman–Crippen MR) is 209 cm³/mol. The fraction of sp³-hybridized carbons (Fsp3) is 0.206. The van der Waals surface area contributed by atoms with Gasteiger partial charge in [0.05, 0.1) is 32.4 Å². The summed E-state index contributed by atoms with van der Waals surface area (Å²) in [4.78, 5) is 6.24. The van der Waals surface area contributed by atoms with E-state index in [9.17, 15) is 8.78 Å². The third kappa shape index (κ3) is 7.61. The number of benzene rings is 4. The summed E-state index contributed by atoms with van der Waals surface area (Å²) >= 11 is 49.8. The lowest BCUT2D eigenvalue weighted by molar-refractivity contribution is -0.499. The van der Waals surface area contributed by atoms with Gasteiger partial charge in [-0.1, -0.05) is 74.7 Å². The standard InChI is InChI=1S/C34H25Cl6F2N8S2/c35-19-1-5-23(25(37)13-19)31-43-47(33(51)49(31)21-3-7-29(41)27(39)15-21)17-45-9-11-46(12-10-45)18-48-34(52)50(22-4-8-30(42)28(40)16-22)32(44-48)24-6-2-20(36)14-26(24)38/h1-8,13-16,31H,9-12,17-18H2/q+1. The second-order valence-corrected chi connectivity index (χ2v) is 15.2. The van der Waals surface area contributed by atoms with Gasteiger partial charge in [-0.2, -0.15) is 4.90 Å². The summed E-state index contributed by atoms with van der Waals surface area (Å²) in [7, 11) is 0. The van der Waals surface area contributed by atoms with Gasteiger partial charge in [-0.3, -0.25) is 14.4 Å². The van der Waals surface area contributed by atoms with E-state index in [-0.39, 0.29) is 10.0 Å². The second-order valence-electron chi connectivity index (χ2n) is 12.0. The number of nitrogens with zero attached hydrogens (tertiary/aromatic N) is 8. The van der Waals surface area contributed by atoms with Gasteiger partial charge in [-0.25, -0.2) is 13.5 Å². The molecule has 7 rings (SSSR count). The molecule has 1 aromatic heterocycles. The minimum absolute atomic E-state index is 0.0365. The molecule has 1 saturated heterocycles. The molecular formula is C34H25Cl6F2N8S2+. The van der Waals surface area contributed by atoms with Gasteiger partial charge in [0.1, 0.15) is 17.3 Å². The molecule has 0 saturated carbocycles. The number of thiocarbonyl (C=S) groups is 1. The molecule has 0 spiro atoms. The first kappa shape index (κ1) is 37.6. The Morgan fingerprint density at radius 1 is 0.692 bits per heavy atom. The van der Waals surface area contributed by atoms with E-state index in [1.807, 2.05) is 0 Å². The Bertz CT molecular complexity index is 2310. The summed E-state index contributed by atoms with van der Waals surface area (Å²) in [5, 5.41) is 11.9. The molecule has 0 radical (unpaired) electrons. The lowest BCUT2D eigenvalue weighted by Crippen LogP contribution is -2.49. The Labute approximate surface area is 337 Å². The van der Waals surface area contributed by atoms with Crippen molar-refractivity contribution in [3.8, 4) is 17.1 Å². The van der Waals surface area contributed by atoms with E-state index in [0.29, 0.717) is 97.8 Å². The molecule has 1 atom stereocenters. The molecule has 5 aromatic rings. The van der Waals surface area contributed by atoms with E-state index < -0.39 is 17.8 Å². The van der Waals surface area contributed by atoms with Gasteiger partial charge in [-0.15, -0.1) is 9.80 Å². The Kier molecular flexibility index (Phi) is 11.2. The number of halogens is 8. The van der Waals surface area contributed by atoms with Crippen LogP contribution in [0.1, 0.15) is 11.7 Å². The fourth-order valence-electron chi connectivity index (χ4n) is 6.01. The first-order valence-corrected chi connectivity index (χ1v) is 18.7. The van der Waals surface area contributed by atoms with Crippen LogP contribution in [0.5, 0.6) is 0 Å². The third-order valence-electron chi connectivity index (χ3n) is 8.65. The number of azo groups is 2. The van der Waals surface area contributed by atoms with Crippen molar-refractivity contribution < 1.29 is 13.5 Å². The minimum atomic E-state index is -0.628. The van der Waals surface area contributed by atoms with Crippen molar-refractivity contribution in [1.82, 2.24) is 24.1 Å². The molecule has 0 N–H and O–H groups in total. The zero-order chi connectivity index (χ0) is 36.8. The smallest absolute Gasteiger partial charge is 0.282 e. The molecule has 18 heteroatoms. The molecule has 1 fully saturated rings. The molecule has 2 aliphatic heterocycles. The molecule has 52 heavy (non-hydrogen) atoms. The molecule has 0 bridgehead atoms. The number of aromatic nitrogens is 3. The molecule has 0 aliphatic carbocycles. The van der Waals surface area contributed by atoms with E-state index in [1.54, 1.807) is 67.4 Å². The molecule has 8 nitrogen and oxygen atoms in total. The van der Waals surface area contributed by atoms with Gasteiger partial charge in [0, 0.05) is 65.6 Å². The highest BCUT2D eigenvalue weighted by molar-refractivity contribution is 7.80. The third-order valence-corrected chi connectivity index (χ3v) is 11.1. The van der Waals surface area contributed by atoms with Crippen LogP contribution in [0.3, 0.4) is 0 Å². The number of anilines is 1. The monoisotopic (exact) mass is 857 g/mol. The van der Waals surface area contributed by atoms with E-state index in [2.05, 4.69) is 9.80 Å². The lowest BCUT2D eigenvalue weighted by atomic mass is 10.1. The molecular weight excluding hydrogens is 835 g/mol. The molecule has 3 heterocycles. The SMILES string of the molecule is Fc1ccc(N2C(=S)[N+](CN3CCN(Cn4nc(-c5ccc(Cl)cc5Cl)n(-c5ccc(F)c(Cl)c5)c4=S)CC3)=NC2c2ccc(Cl)cc2Cl)cc1Cl. The first-order valence-electron chi connectivity index (χ1n) is 15.6. The first-order chi connectivity index (χ1) is 24.9. The van der Waals surface area contributed by atoms with Crippen LogP contribution in [-0.2, 0) is 6.67 Å². The van der Waals surface area contributed by atoms with Crippen molar-refractivity contribution >= 4 is 105 Å². The average molecular weight is 860 g/mol. The summed E-state index contributed by atoms with van der Waals surface area (Å²) in [6, 6.07) is 19.0. The van der Waals surface area contributed by atoms with Crippen molar-refractivity contribution in [2.75, 3.05) is 37.7 Å². The number of rotatable bonds is 8. The van der Waals surface area contributed by atoms with Crippen LogP contribution in [0, 0.1) is 16.4 Å². The second kappa shape index (κ2) is 15.5. The highest BCUT2D eigenvalue weighted by atomic mass is 35.5. The minimum Gasteiger partial charge on any atom is -0.282 e. The largest absolute Gasteiger partial charge is 0.375 e. The fourth-order valence-corrected chi connectivity index (χ4v) is 7.96. The van der Waals surface area contributed by atoms with Crippen molar-refractivity contribution in [2.24, 2.45) is 5.11 Å². The van der Waals surface area contributed by atoms with Crippen LogP contribution < -0.4 is 4.90 Å². The zero-order valence-corrected chi connectivity index (χ0v) is 32.8. The number of hydrogen-bond acceptors (Lipinski definition) is 6. The Morgan fingerprint density at radius 2 is 1.29 bits per heavy atom. The highest BCUT2D eigenvalue weighted by Crippen LogP contribution is 2.39. The van der Waals surface area contributed by atoms with Crippen molar-refractivity contribution in [3.05, 3.63) is 125 Å². The summed E-state index contributed by atoms with van der Waals surface area (Å²) in [5.41, 5.74) is 2.39. The van der Waals surface area contributed by atoms with Crippen LogP contribution in [0.4, 0.5) is 14.5 Å². The van der Waals surface area contributed by atoms with Crippen LogP contribution in [0.15, 0.2) is 77.9 Å². The molecule has 4 aromatic carbocycles. The maximum absolute atomic E-state index is 14.1. The van der Waals surface area contributed by atoms with Gasteiger partial charge >= 0.3 is 5.11 Å². The van der Waals surface area contributed by atoms with Gasteiger partial charge in [0.15, 0.2) is 12.5 Å². The summed E-state index contributed by atoms with van der Waals surface area (Å²) in [6.45, 7) is 3.51. The van der Waals surface area contributed by atoms with Crippen LogP contribution in [-0.4, -0.2) is 66.8 Å². The maximum Gasteiger partial charge on any atom is 0.375 e. The Balaban J connectivity index is 1.10. The van der Waals surface area contributed by atoms with Gasteiger partial charge < -0.3 is 0 Å². The van der Waals surface area contributed by atoms with Crippen molar-refractivity contribution in [1.29, 1.82) is 0 Å². The van der Waals surface area contributed by atoms with E-state index in [4.69, 9.17) is 104 Å². The number of hydrogen-bond donors (Lipinski definition) is 0. The van der Waals surface area contributed by atoms with Gasteiger partial charge in [-0.05, 0) is 78.9 Å². The summed E-state index contributed by atoms with van der Waals surface area (Å²) in [6.07, 6.45) is -0.628. The van der Waals surface area contributed by atoms with Crippen LogP contribution in [0.2, 0.25) is 30.1 Å². The van der Waals surface area contributed by atoms with E-state index in [0.717, 1.165) is 0 Å². The van der Waals surface area contributed by atoms with Crippen molar-refractivity contribution in [2.45, 2.75) is 12.8 Å². The summed E-state index contributed by atoms with van der Waals surface area (Å²) < 4.78 is 33.8. The average Bonchev–Trinajstić information content (AvgIpc) is 3.59. The summed E-state index contributed by atoms with van der Waals surface area (Å²) in [5.74, 6) is -0.631. The normalized spacial score (nSPS) is 16.9. The lowest BCUT2D eigenvalue weighted by Gasteiger charge is -2.33. The van der Waals surface area contributed by atoms with E-state index >= 15 is 0 Å². The Hall–Kier alpha value is -2.75. The van der Waals surface area contributed by atoms with Gasteiger partial charge in [0.25, 0.3) is 6.17 Å². The zero-order valence-electron chi connectivity index (χ0n) is 26.7. The predicted octanol–water partition coefficient (Wildman–Crippen LogP) is 10.8. The molecule has 1 unspecified atom stereocenters. The quantitative estimate of drug-likeness (QED) is 0.114. The van der Waals surface area contributed by atoms with Crippen LogP contribution >= 0.6 is 94.0 Å². The van der Waals surface area contributed by atoms with Gasteiger partial charge in [0.2, 0.25) is 4.77 Å². The van der Waals surface area contributed by atoms with E-state index in [1.165, 1.54) is 24.3 Å². The molecule has 268 valence electrons. The molecule has 2 aliphatic rings. The Morgan fingerprint density at radius 3 is 1.92 bits per heavy atom. The van der Waals surface area contributed by atoms with Crippen LogP contribution in [0.25, 0.3) is 17.1 Å².